The second-order valence-corrected chi connectivity index (χ2v) is 19.7. The van der Waals surface area contributed by atoms with E-state index in [0.717, 1.165) is 68.2 Å². The Balaban J connectivity index is 1.09. The first-order valence-electron chi connectivity index (χ1n) is 21.3. The number of nitrogens with one attached hydrogen (secondary N) is 4. The van der Waals surface area contributed by atoms with Gasteiger partial charge in [-0.3, -0.25) is 9.59 Å². The average Bonchev–Trinajstić information content (AvgIpc) is 4.11. The number of nitrogens with zero attached hydrogens (tertiary/aromatic N) is 3. The molecule has 2 aliphatic heterocycles. The molecule has 2 aromatic carbocycles. The molecule has 6 aromatic rings. The summed E-state index contributed by atoms with van der Waals surface area (Å²) in [6.45, 7) is 13.1. The number of imidazole rings is 1. The average molecular weight is 878 g/mol. The zero-order chi connectivity index (χ0) is 44.0. The molecule has 0 aliphatic carbocycles. The minimum absolute atomic E-state index is 0.109. The van der Waals surface area contributed by atoms with Crippen LogP contribution in [0, 0.1) is 23.7 Å². The molecule has 0 spiro atoms. The summed E-state index contributed by atoms with van der Waals surface area (Å²) in [6, 6.07) is 19.4. The Labute approximate surface area is 369 Å². The lowest BCUT2D eigenvalue weighted by Gasteiger charge is -2.30. The number of rotatable bonds is 11. The predicted octanol–water partition coefficient (Wildman–Crippen LogP) is 9.75. The highest BCUT2D eigenvalue weighted by Crippen LogP contribution is 2.43. The number of hydrogen-bond donors (Lipinski definition) is 4. The molecule has 8 rings (SSSR count). The van der Waals surface area contributed by atoms with Crippen LogP contribution < -0.4 is 10.6 Å². The number of H-pyrrole nitrogens is 2. The van der Waals surface area contributed by atoms with Crippen molar-refractivity contribution in [2.45, 2.75) is 78.6 Å². The third kappa shape index (κ3) is 8.44. The second-order valence-electron chi connectivity index (χ2n) is 17.6. The first-order chi connectivity index (χ1) is 29.7. The molecule has 6 atom stereocenters. The van der Waals surface area contributed by atoms with Crippen molar-refractivity contribution >= 4 is 67.0 Å². The molecular weight excluding hydrogens is 823 g/mol. The fourth-order valence-electron chi connectivity index (χ4n) is 9.04. The molecular formula is C47H55N7O6S2. The van der Waals surface area contributed by atoms with Gasteiger partial charge >= 0.3 is 12.2 Å². The van der Waals surface area contributed by atoms with Crippen molar-refractivity contribution in [2.75, 3.05) is 27.3 Å². The maximum Gasteiger partial charge on any atom is 0.407 e. The number of alkyl carbamates (subject to hydrolysis) is 2. The molecule has 4 aromatic heterocycles. The molecule has 62 heavy (non-hydrogen) atoms. The van der Waals surface area contributed by atoms with E-state index < -0.39 is 24.3 Å². The summed E-state index contributed by atoms with van der Waals surface area (Å²) in [5.41, 5.74) is 6.71. The summed E-state index contributed by atoms with van der Waals surface area (Å²) in [5.74, 6) is 0.747. The lowest BCUT2D eigenvalue weighted by Crippen LogP contribution is -2.51. The number of carbonyl (C=O) groups excluding carboxylic acids is 4. The summed E-state index contributed by atoms with van der Waals surface area (Å²) < 4.78 is 12.1. The number of hydrogen-bond acceptors (Lipinski definition) is 9. The highest BCUT2D eigenvalue weighted by Gasteiger charge is 2.42. The van der Waals surface area contributed by atoms with Crippen molar-refractivity contribution in [3.05, 3.63) is 77.6 Å². The number of fused-ring (bicyclic) bond motifs is 2. The summed E-state index contributed by atoms with van der Waals surface area (Å²) >= 11 is 3.43. The number of amides is 4. The Morgan fingerprint density at radius 2 is 1.31 bits per heavy atom. The van der Waals surface area contributed by atoms with Crippen molar-refractivity contribution in [1.82, 2.24) is 35.4 Å². The van der Waals surface area contributed by atoms with Gasteiger partial charge in [-0.2, -0.15) is 0 Å². The van der Waals surface area contributed by atoms with E-state index >= 15 is 0 Å². The minimum atomic E-state index is -0.734. The highest BCUT2D eigenvalue weighted by molar-refractivity contribution is 7.28. The smallest absolute Gasteiger partial charge is 0.407 e. The predicted molar refractivity (Wildman–Crippen MR) is 245 cm³/mol. The van der Waals surface area contributed by atoms with E-state index in [1.54, 1.807) is 22.7 Å². The lowest BCUT2D eigenvalue weighted by atomic mass is 10.0. The zero-order valence-corrected chi connectivity index (χ0v) is 38.0. The van der Waals surface area contributed by atoms with Gasteiger partial charge < -0.3 is 39.9 Å². The van der Waals surface area contributed by atoms with E-state index in [1.807, 2.05) is 37.5 Å². The van der Waals surface area contributed by atoms with Gasteiger partial charge in [0.25, 0.3) is 0 Å². The van der Waals surface area contributed by atoms with Crippen molar-refractivity contribution in [3.63, 3.8) is 0 Å². The van der Waals surface area contributed by atoms with E-state index in [9.17, 15) is 19.2 Å². The van der Waals surface area contributed by atoms with Gasteiger partial charge in [0.15, 0.2) is 0 Å². The summed E-state index contributed by atoms with van der Waals surface area (Å²) in [5, 5.41) is 8.67. The Bertz CT molecular complexity index is 2580. The lowest BCUT2D eigenvalue weighted by molar-refractivity contribution is -0.136. The van der Waals surface area contributed by atoms with Gasteiger partial charge in [0.1, 0.15) is 17.9 Å². The number of likely N-dealkylation sites (tertiary alicyclic amines) is 2. The second kappa shape index (κ2) is 17.6. The molecule has 4 amide bonds. The molecule has 326 valence electrons. The van der Waals surface area contributed by atoms with Gasteiger partial charge in [-0.05, 0) is 82.7 Å². The molecule has 15 heteroatoms. The van der Waals surface area contributed by atoms with Crippen LogP contribution in [0.3, 0.4) is 0 Å². The van der Waals surface area contributed by atoms with Gasteiger partial charge in [0.2, 0.25) is 11.8 Å². The summed E-state index contributed by atoms with van der Waals surface area (Å²) in [4.78, 5) is 69.9. The SMILES string of the molecule is COC(=O)NC(C(=O)N1C[C@@H](C)CC1c1cc2ccc(-c3ccc(-c4nc([C@@H]5C[C@H](C)CN5C(=O)[C@@H](NC(=O)OC)C(C)C)[nH]c4-c4cc5sccc5s4)cc3)cc2[nH]1)C(C)C. The van der Waals surface area contributed by atoms with Gasteiger partial charge in [-0.15, -0.1) is 22.7 Å². The topological polar surface area (TPSA) is 162 Å². The fourth-order valence-corrected chi connectivity index (χ4v) is 11.2. The standard InChI is InChI=1S/C47H55N7O6S2/c1-24(2)39(51-46(57)59-7)44(55)53-22-26(5)17-34(53)33-20-31-14-13-30(19-32(31)48-33)28-9-11-29(12-10-28)41-42(38-21-37-36(62-38)15-16-61-37)50-43(49-41)35-18-27(6)23-54(35)45(56)40(25(3)4)52-47(58)60-8/h9-16,19-21,24-27,34-35,39-40,48H,17-18,22-23H2,1-8H3,(H,49,50)(H,51,57)(H,52,58)/t26-,27-,34?,35-,39?,40-/m0/s1. The largest absolute Gasteiger partial charge is 0.453 e. The summed E-state index contributed by atoms with van der Waals surface area (Å²) in [7, 11) is 2.61. The number of carbonyl (C=O) groups is 4. The number of aromatic nitrogens is 3. The van der Waals surface area contributed by atoms with Gasteiger partial charge in [-0.25, -0.2) is 14.6 Å². The molecule has 13 nitrogen and oxygen atoms in total. The van der Waals surface area contributed by atoms with Crippen LogP contribution in [-0.4, -0.2) is 88.1 Å². The van der Waals surface area contributed by atoms with Gasteiger partial charge in [-0.1, -0.05) is 77.9 Å². The van der Waals surface area contributed by atoms with Crippen LogP contribution in [0.25, 0.3) is 53.3 Å². The zero-order valence-electron chi connectivity index (χ0n) is 36.4. The Morgan fingerprint density at radius 3 is 1.90 bits per heavy atom. The number of benzene rings is 2. The van der Waals surface area contributed by atoms with Crippen molar-refractivity contribution in [1.29, 1.82) is 0 Å². The minimum Gasteiger partial charge on any atom is -0.453 e. The number of methoxy groups -OCH3 is 2. The molecule has 0 bridgehead atoms. The van der Waals surface area contributed by atoms with Crippen LogP contribution in [-0.2, 0) is 19.1 Å². The van der Waals surface area contributed by atoms with Crippen LogP contribution in [0.5, 0.6) is 0 Å². The number of aromatic amines is 2. The van der Waals surface area contributed by atoms with Crippen molar-refractivity contribution in [2.24, 2.45) is 23.7 Å². The fraction of sp³-hybridized carbons (Fsp3) is 0.426. The highest BCUT2D eigenvalue weighted by atomic mass is 32.1. The number of thiophene rings is 2. The Kier molecular flexibility index (Phi) is 12.2. The van der Waals surface area contributed by atoms with E-state index in [-0.39, 0.29) is 41.7 Å². The van der Waals surface area contributed by atoms with E-state index in [2.05, 4.69) is 100 Å². The van der Waals surface area contributed by atoms with Crippen LogP contribution in [0.2, 0.25) is 0 Å². The maximum atomic E-state index is 14.1. The van der Waals surface area contributed by atoms with Gasteiger partial charge in [0.05, 0.1) is 42.6 Å². The maximum absolute atomic E-state index is 14.1. The van der Waals surface area contributed by atoms with Crippen LogP contribution in [0.15, 0.2) is 66.0 Å². The third-order valence-corrected chi connectivity index (χ3v) is 14.4. The normalized spacial score (nSPS) is 20.0. The molecule has 2 unspecified atom stereocenters. The molecule has 6 heterocycles. The quantitative estimate of drug-likeness (QED) is 0.101. The number of ether oxygens (including phenoxy) is 2. The Morgan fingerprint density at radius 1 is 0.726 bits per heavy atom. The van der Waals surface area contributed by atoms with Crippen LogP contribution in [0.4, 0.5) is 9.59 Å². The van der Waals surface area contributed by atoms with Crippen molar-refractivity contribution < 1.29 is 28.7 Å². The first kappa shape index (κ1) is 43.0. The van der Waals surface area contributed by atoms with Crippen molar-refractivity contribution in [3.8, 4) is 33.0 Å². The van der Waals surface area contributed by atoms with Crippen LogP contribution in [0.1, 0.15) is 78.0 Å². The van der Waals surface area contributed by atoms with E-state index in [1.165, 1.54) is 23.6 Å². The van der Waals surface area contributed by atoms with Crippen LogP contribution >= 0.6 is 22.7 Å². The monoisotopic (exact) mass is 877 g/mol. The molecule has 4 N–H and O–H groups in total. The molecule has 2 fully saturated rings. The van der Waals surface area contributed by atoms with Gasteiger partial charge in [0, 0.05) is 39.3 Å². The molecule has 2 aliphatic rings. The Hall–Kier alpha value is -5.67. The first-order valence-corrected chi connectivity index (χ1v) is 23.0. The molecule has 2 saturated heterocycles. The van der Waals surface area contributed by atoms with E-state index in [4.69, 9.17) is 14.5 Å². The third-order valence-electron chi connectivity index (χ3n) is 12.3. The molecule has 0 saturated carbocycles. The summed E-state index contributed by atoms with van der Waals surface area (Å²) in [6.07, 6.45) is 0.306. The molecule has 0 radical (unpaired) electrons. The van der Waals surface area contributed by atoms with E-state index in [0.29, 0.717) is 19.0 Å².